The van der Waals surface area contributed by atoms with E-state index in [1.54, 1.807) is 22.7 Å². The van der Waals surface area contributed by atoms with E-state index in [-0.39, 0.29) is 0 Å². The molecule has 0 spiro atoms. The van der Waals surface area contributed by atoms with Crippen molar-refractivity contribution in [2.45, 2.75) is 26.4 Å². The summed E-state index contributed by atoms with van der Waals surface area (Å²) in [6.07, 6.45) is 1.15. The molecule has 0 aliphatic heterocycles. The first kappa shape index (κ1) is 18.5. The van der Waals surface area contributed by atoms with E-state index in [1.165, 1.54) is 12.0 Å². The number of aromatic nitrogens is 1. The van der Waals surface area contributed by atoms with Crippen LogP contribution in [0.1, 0.15) is 31.1 Å². The van der Waals surface area contributed by atoms with Gasteiger partial charge in [-0.25, -0.2) is 14.5 Å². The van der Waals surface area contributed by atoms with E-state index in [0.29, 0.717) is 17.1 Å². The van der Waals surface area contributed by atoms with Gasteiger partial charge in [0.05, 0.1) is 18.4 Å². The van der Waals surface area contributed by atoms with Crippen LogP contribution in [0.2, 0.25) is 0 Å². The molecule has 3 aromatic rings. The number of hydrogen-bond acceptors (Lipinski definition) is 4. The summed E-state index contributed by atoms with van der Waals surface area (Å²) in [5.41, 5.74) is 1.24. The summed E-state index contributed by atoms with van der Waals surface area (Å²) in [4.78, 5) is 26.4. The van der Waals surface area contributed by atoms with Crippen LogP contribution in [0.25, 0.3) is 5.52 Å². The van der Waals surface area contributed by atoms with Crippen molar-refractivity contribution in [1.29, 1.82) is 0 Å². The molecule has 0 saturated heterocycles. The van der Waals surface area contributed by atoms with Crippen LogP contribution in [0.4, 0.5) is 16.3 Å². The highest BCUT2D eigenvalue weighted by Crippen LogP contribution is 2.30. The monoisotopic (exact) mass is 366 g/mol. The van der Waals surface area contributed by atoms with Gasteiger partial charge in [-0.15, -0.1) is 0 Å². The minimum atomic E-state index is -0.644. The Morgan fingerprint density at radius 1 is 0.963 bits per heavy atom. The first-order chi connectivity index (χ1) is 12.8. The van der Waals surface area contributed by atoms with Crippen molar-refractivity contribution in [1.82, 2.24) is 4.40 Å². The Morgan fingerprint density at radius 3 is 2.26 bits per heavy atom. The SMILES string of the molecule is COC(=O)c1ccc2ccc(N(C(=O)OC(C)(C)C)c3ccccc3)n2c1. The topological polar surface area (TPSA) is 60.2 Å². The van der Waals surface area contributed by atoms with E-state index in [0.717, 1.165) is 5.52 Å². The summed E-state index contributed by atoms with van der Waals surface area (Å²) in [5.74, 6) is 0.122. The summed E-state index contributed by atoms with van der Waals surface area (Å²) in [6, 6.07) is 16.4. The highest BCUT2D eigenvalue weighted by atomic mass is 16.6. The minimum absolute atomic E-state index is 0.389. The lowest BCUT2D eigenvalue weighted by Crippen LogP contribution is -2.34. The van der Waals surface area contributed by atoms with Crippen LogP contribution in [-0.2, 0) is 9.47 Å². The van der Waals surface area contributed by atoms with Gasteiger partial charge in [0.25, 0.3) is 0 Å². The summed E-state index contributed by atoms with van der Waals surface area (Å²) in [7, 11) is 1.33. The van der Waals surface area contributed by atoms with Gasteiger partial charge in [-0.2, -0.15) is 0 Å². The highest BCUT2D eigenvalue weighted by Gasteiger charge is 2.26. The molecule has 0 unspecified atom stereocenters. The predicted molar refractivity (Wildman–Crippen MR) is 104 cm³/mol. The molecule has 0 aliphatic carbocycles. The molecule has 0 bridgehead atoms. The average Bonchev–Trinajstić information content (AvgIpc) is 3.03. The summed E-state index contributed by atoms with van der Waals surface area (Å²) in [6.45, 7) is 5.46. The summed E-state index contributed by atoms with van der Waals surface area (Å²) >= 11 is 0. The van der Waals surface area contributed by atoms with Gasteiger partial charge in [-0.1, -0.05) is 18.2 Å². The van der Waals surface area contributed by atoms with Crippen molar-refractivity contribution in [2.75, 3.05) is 12.0 Å². The van der Waals surface area contributed by atoms with E-state index in [1.807, 2.05) is 63.2 Å². The normalized spacial score (nSPS) is 11.3. The van der Waals surface area contributed by atoms with Crippen molar-refractivity contribution in [3.8, 4) is 0 Å². The zero-order valence-electron chi connectivity index (χ0n) is 15.8. The second-order valence-corrected chi connectivity index (χ2v) is 7.05. The molecule has 6 heteroatoms. The van der Waals surface area contributed by atoms with Crippen molar-refractivity contribution < 1.29 is 19.1 Å². The lowest BCUT2D eigenvalue weighted by molar-refractivity contribution is 0.0591. The first-order valence-corrected chi connectivity index (χ1v) is 8.58. The lowest BCUT2D eigenvalue weighted by atomic mass is 10.2. The molecule has 1 aromatic carbocycles. The van der Waals surface area contributed by atoms with E-state index in [2.05, 4.69) is 0 Å². The smallest absolute Gasteiger partial charge is 0.420 e. The van der Waals surface area contributed by atoms with Crippen molar-refractivity contribution in [3.05, 3.63) is 66.4 Å². The molecular weight excluding hydrogens is 344 g/mol. The number of carbonyl (C=O) groups excluding carboxylic acids is 2. The van der Waals surface area contributed by atoms with Crippen molar-refractivity contribution in [3.63, 3.8) is 0 Å². The third-order valence-electron chi connectivity index (χ3n) is 3.87. The molecule has 0 radical (unpaired) electrons. The van der Waals surface area contributed by atoms with Gasteiger partial charge in [-0.3, -0.25) is 0 Å². The van der Waals surface area contributed by atoms with Gasteiger partial charge in [0.2, 0.25) is 0 Å². The van der Waals surface area contributed by atoms with Gasteiger partial charge in [0.15, 0.2) is 0 Å². The highest BCUT2D eigenvalue weighted by molar-refractivity contribution is 5.96. The number of benzene rings is 1. The third kappa shape index (κ3) is 3.95. The van der Waals surface area contributed by atoms with Gasteiger partial charge < -0.3 is 13.9 Å². The van der Waals surface area contributed by atoms with Gasteiger partial charge >= 0.3 is 12.1 Å². The molecule has 2 heterocycles. The Morgan fingerprint density at radius 2 is 1.63 bits per heavy atom. The lowest BCUT2D eigenvalue weighted by Gasteiger charge is -2.27. The second-order valence-electron chi connectivity index (χ2n) is 7.05. The number of nitrogens with zero attached hydrogens (tertiary/aromatic N) is 2. The Bertz CT molecular complexity index is 971. The van der Waals surface area contributed by atoms with Crippen LogP contribution in [0, 0.1) is 0 Å². The standard InChI is InChI=1S/C21H22N2O4/c1-21(2,3)27-20(25)23(17-8-6-5-7-9-17)18-13-12-16-11-10-15(14-22(16)18)19(24)26-4/h5-14H,1-4H3. The molecule has 27 heavy (non-hydrogen) atoms. The van der Waals surface area contributed by atoms with E-state index >= 15 is 0 Å². The first-order valence-electron chi connectivity index (χ1n) is 8.58. The van der Waals surface area contributed by atoms with Crippen LogP contribution >= 0.6 is 0 Å². The number of ether oxygens (including phenoxy) is 2. The fourth-order valence-electron chi connectivity index (χ4n) is 2.72. The quantitative estimate of drug-likeness (QED) is 0.625. The largest absolute Gasteiger partial charge is 0.465 e. The fourth-order valence-corrected chi connectivity index (χ4v) is 2.72. The number of para-hydroxylation sites is 1. The van der Waals surface area contributed by atoms with Crippen LogP contribution in [0.5, 0.6) is 0 Å². The van der Waals surface area contributed by atoms with Gasteiger partial charge in [-0.05, 0) is 57.2 Å². The third-order valence-corrected chi connectivity index (χ3v) is 3.87. The van der Waals surface area contributed by atoms with E-state index in [4.69, 9.17) is 9.47 Å². The van der Waals surface area contributed by atoms with Crippen LogP contribution < -0.4 is 4.90 Å². The molecule has 140 valence electrons. The van der Waals surface area contributed by atoms with Crippen LogP contribution in [0.15, 0.2) is 60.8 Å². The molecule has 0 atom stereocenters. The zero-order chi connectivity index (χ0) is 19.6. The summed E-state index contributed by atoms with van der Waals surface area (Å²) < 4.78 is 12.2. The fraction of sp³-hybridized carbons (Fsp3) is 0.238. The van der Waals surface area contributed by atoms with E-state index < -0.39 is 17.7 Å². The van der Waals surface area contributed by atoms with Gasteiger partial charge in [0, 0.05) is 11.7 Å². The molecule has 0 N–H and O–H groups in total. The molecule has 2 aromatic heterocycles. The number of fused-ring (bicyclic) bond motifs is 1. The van der Waals surface area contributed by atoms with Crippen LogP contribution in [-0.4, -0.2) is 29.2 Å². The van der Waals surface area contributed by atoms with Gasteiger partial charge in [0.1, 0.15) is 11.4 Å². The maximum absolute atomic E-state index is 13.0. The van der Waals surface area contributed by atoms with Crippen molar-refractivity contribution in [2.24, 2.45) is 0 Å². The molecule has 1 amide bonds. The Balaban J connectivity index is 2.14. The number of esters is 1. The maximum Gasteiger partial charge on any atom is 0.420 e. The second kappa shape index (κ2) is 7.15. The Kier molecular flexibility index (Phi) is 4.90. The predicted octanol–water partition coefficient (Wildman–Crippen LogP) is 4.80. The maximum atomic E-state index is 13.0. The number of rotatable bonds is 3. The number of amides is 1. The van der Waals surface area contributed by atoms with Crippen molar-refractivity contribution >= 4 is 29.1 Å². The number of hydrogen-bond donors (Lipinski definition) is 0. The zero-order valence-corrected chi connectivity index (χ0v) is 15.8. The number of anilines is 2. The average molecular weight is 366 g/mol. The molecule has 6 nitrogen and oxygen atoms in total. The Labute approximate surface area is 157 Å². The molecular formula is C21H22N2O4. The molecule has 0 fully saturated rings. The number of methoxy groups -OCH3 is 1. The number of carbonyl (C=O) groups is 2. The molecule has 3 rings (SSSR count). The summed E-state index contributed by atoms with van der Waals surface area (Å²) in [5, 5.41) is 0. The molecule has 0 aliphatic rings. The Hall–Kier alpha value is -3.28. The number of pyridine rings is 1. The minimum Gasteiger partial charge on any atom is -0.465 e. The van der Waals surface area contributed by atoms with Crippen LogP contribution in [0.3, 0.4) is 0 Å². The molecule has 0 saturated carbocycles. The van der Waals surface area contributed by atoms with E-state index in [9.17, 15) is 9.59 Å².